The van der Waals surface area contributed by atoms with Crippen LogP contribution in [0.25, 0.3) is 0 Å². The van der Waals surface area contributed by atoms with E-state index in [2.05, 4.69) is 0 Å². The quantitative estimate of drug-likeness (QED) is 0.221. The van der Waals surface area contributed by atoms with Crippen LogP contribution in [0.5, 0.6) is 0 Å². The second kappa shape index (κ2) is 12.0. The molecule has 180 valence electrons. The Balaban J connectivity index is 1.82. The molecule has 0 heterocycles. The summed E-state index contributed by atoms with van der Waals surface area (Å²) in [6, 6.07) is 26.0. The molecule has 0 aliphatic rings. The molecule has 3 aromatic rings. The predicted octanol–water partition coefficient (Wildman–Crippen LogP) is 1.89. The van der Waals surface area contributed by atoms with E-state index in [1.165, 1.54) is 0 Å². The summed E-state index contributed by atoms with van der Waals surface area (Å²) in [6.45, 7) is -0.719. The molecule has 3 rings (SSSR count). The third-order valence-electron chi connectivity index (χ3n) is 5.21. The molecule has 4 atom stereocenters. The number of benzene rings is 3. The van der Waals surface area contributed by atoms with Crippen molar-refractivity contribution in [1.82, 2.24) is 0 Å². The molecule has 4 N–H and O–H groups in total. The van der Waals surface area contributed by atoms with Crippen molar-refractivity contribution in [3.05, 3.63) is 108 Å². The van der Waals surface area contributed by atoms with Gasteiger partial charge in [0.2, 0.25) is 0 Å². The standard InChI is InChI=1S/C26H28O8/c27-19-25(30,33-17-21-12-6-2-7-13-21)26(31,34-18-22-14-8-3-9-15-22)23(28)24(29)32-16-20-10-4-1-5-11-20/h1-15,19,23-24,28-31H,16-18H2. The summed E-state index contributed by atoms with van der Waals surface area (Å²) in [4.78, 5) is 12.0. The molecule has 34 heavy (non-hydrogen) atoms. The molecule has 0 aliphatic heterocycles. The Bertz CT molecular complexity index is 1000. The molecule has 4 unspecified atom stereocenters. The average Bonchev–Trinajstić information content (AvgIpc) is 2.90. The van der Waals surface area contributed by atoms with Crippen LogP contribution in [0.2, 0.25) is 0 Å². The third-order valence-corrected chi connectivity index (χ3v) is 5.21. The van der Waals surface area contributed by atoms with Crippen LogP contribution in [0.3, 0.4) is 0 Å². The first kappa shape index (κ1) is 25.7. The van der Waals surface area contributed by atoms with Crippen LogP contribution in [0.4, 0.5) is 0 Å². The highest BCUT2D eigenvalue weighted by atomic mass is 16.7. The molecular weight excluding hydrogens is 440 g/mol. The Morgan fingerprint density at radius 3 is 1.53 bits per heavy atom. The van der Waals surface area contributed by atoms with Gasteiger partial charge in [-0.1, -0.05) is 91.0 Å². The summed E-state index contributed by atoms with van der Waals surface area (Å²) in [5, 5.41) is 43.5. The zero-order valence-corrected chi connectivity index (χ0v) is 18.4. The SMILES string of the molecule is O=CC(O)(OCc1ccccc1)C(O)(OCc1ccccc1)C(O)C(O)OCc1ccccc1. The van der Waals surface area contributed by atoms with Crippen molar-refractivity contribution in [2.45, 2.75) is 43.8 Å². The Labute approximate surface area is 197 Å². The third kappa shape index (κ3) is 6.34. The minimum absolute atomic E-state index is 0.0892. The Morgan fingerprint density at radius 1 is 0.676 bits per heavy atom. The van der Waals surface area contributed by atoms with E-state index < -0.39 is 24.0 Å². The molecule has 0 spiro atoms. The summed E-state index contributed by atoms with van der Waals surface area (Å²) >= 11 is 0. The molecule has 0 bridgehead atoms. The van der Waals surface area contributed by atoms with Crippen LogP contribution in [0, 0.1) is 0 Å². The highest BCUT2D eigenvalue weighted by Crippen LogP contribution is 2.32. The molecule has 8 nitrogen and oxygen atoms in total. The fourth-order valence-corrected chi connectivity index (χ4v) is 3.20. The molecule has 8 heteroatoms. The molecule has 0 saturated heterocycles. The van der Waals surface area contributed by atoms with Crippen molar-refractivity contribution in [3.8, 4) is 0 Å². The number of aliphatic hydroxyl groups is 4. The number of ether oxygens (including phenoxy) is 3. The van der Waals surface area contributed by atoms with Crippen LogP contribution in [0.1, 0.15) is 16.7 Å². The number of carbonyl (C=O) groups excluding carboxylic acids is 1. The van der Waals surface area contributed by atoms with E-state index in [1.807, 2.05) is 0 Å². The summed E-state index contributed by atoms with van der Waals surface area (Å²) in [6.07, 6.45) is -4.41. The first-order valence-corrected chi connectivity index (χ1v) is 10.7. The van der Waals surface area contributed by atoms with E-state index in [0.717, 1.165) is 0 Å². The maximum atomic E-state index is 12.0. The zero-order valence-electron chi connectivity index (χ0n) is 18.4. The van der Waals surface area contributed by atoms with E-state index in [0.29, 0.717) is 16.7 Å². The van der Waals surface area contributed by atoms with Gasteiger partial charge in [0, 0.05) is 0 Å². The van der Waals surface area contributed by atoms with E-state index in [1.54, 1.807) is 91.0 Å². The lowest BCUT2D eigenvalue weighted by atomic mass is 9.99. The van der Waals surface area contributed by atoms with Crippen molar-refractivity contribution >= 4 is 6.29 Å². The van der Waals surface area contributed by atoms with Crippen LogP contribution in [0.15, 0.2) is 91.0 Å². The van der Waals surface area contributed by atoms with Crippen LogP contribution in [-0.4, -0.2) is 50.7 Å². The predicted molar refractivity (Wildman–Crippen MR) is 122 cm³/mol. The normalized spacial score (nSPS) is 16.7. The van der Waals surface area contributed by atoms with Gasteiger partial charge in [-0.3, -0.25) is 4.79 Å². The number of aldehydes is 1. The molecule has 0 aromatic heterocycles. The number of rotatable bonds is 13. The second-order valence-corrected chi connectivity index (χ2v) is 7.69. The lowest BCUT2D eigenvalue weighted by Gasteiger charge is -2.42. The molecular formula is C26H28O8. The van der Waals surface area contributed by atoms with Crippen molar-refractivity contribution in [3.63, 3.8) is 0 Å². The van der Waals surface area contributed by atoms with Crippen LogP contribution >= 0.6 is 0 Å². The average molecular weight is 469 g/mol. The minimum atomic E-state index is -3.09. The van der Waals surface area contributed by atoms with Gasteiger partial charge in [0.25, 0.3) is 11.6 Å². The number of aliphatic hydroxyl groups excluding tert-OH is 2. The smallest absolute Gasteiger partial charge is 0.282 e. The van der Waals surface area contributed by atoms with Gasteiger partial charge in [0.1, 0.15) is 0 Å². The van der Waals surface area contributed by atoms with Gasteiger partial charge < -0.3 is 34.6 Å². The lowest BCUT2D eigenvalue weighted by molar-refractivity contribution is -0.412. The molecule has 0 fully saturated rings. The van der Waals surface area contributed by atoms with Crippen molar-refractivity contribution in [2.24, 2.45) is 0 Å². The van der Waals surface area contributed by atoms with Crippen molar-refractivity contribution in [1.29, 1.82) is 0 Å². The first-order chi connectivity index (χ1) is 16.4. The summed E-state index contributed by atoms with van der Waals surface area (Å²) in [5.41, 5.74) is 1.85. The van der Waals surface area contributed by atoms with Gasteiger partial charge in [-0.15, -0.1) is 0 Å². The summed E-state index contributed by atoms with van der Waals surface area (Å²) in [7, 11) is 0. The van der Waals surface area contributed by atoms with Crippen LogP contribution in [-0.2, 0) is 38.8 Å². The maximum absolute atomic E-state index is 12.0. The first-order valence-electron chi connectivity index (χ1n) is 10.7. The number of hydrogen-bond acceptors (Lipinski definition) is 8. The van der Waals surface area contributed by atoms with Gasteiger partial charge in [-0.25, -0.2) is 0 Å². The van der Waals surface area contributed by atoms with Gasteiger partial charge in [0.15, 0.2) is 18.7 Å². The monoisotopic (exact) mass is 468 g/mol. The Hall–Kier alpha value is -2.95. The van der Waals surface area contributed by atoms with Gasteiger partial charge >= 0.3 is 0 Å². The summed E-state index contributed by atoms with van der Waals surface area (Å²) < 4.78 is 16.1. The maximum Gasteiger partial charge on any atom is 0.282 e. The fraction of sp³-hybridized carbons (Fsp3) is 0.269. The molecule has 0 aliphatic carbocycles. The highest BCUT2D eigenvalue weighted by molar-refractivity contribution is 5.62. The van der Waals surface area contributed by atoms with Crippen molar-refractivity contribution < 1.29 is 39.4 Å². The molecule has 0 saturated carbocycles. The zero-order chi connectivity index (χ0) is 24.4. The lowest BCUT2D eigenvalue weighted by Crippen LogP contribution is -2.67. The fourth-order valence-electron chi connectivity index (χ4n) is 3.20. The largest absolute Gasteiger partial charge is 0.382 e. The highest BCUT2D eigenvalue weighted by Gasteiger charge is 2.60. The van der Waals surface area contributed by atoms with E-state index in [9.17, 15) is 25.2 Å². The second-order valence-electron chi connectivity index (χ2n) is 7.69. The molecule has 3 aromatic carbocycles. The van der Waals surface area contributed by atoms with Gasteiger partial charge in [-0.2, -0.15) is 0 Å². The Morgan fingerprint density at radius 2 is 1.09 bits per heavy atom. The van der Waals surface area contributed by atoms with Gasteiger partial charge in [-0.05, 0) is 16.7 Å². The summed E-state index contributed by atoms with van der Waals surface area (Å²) in [5.74, 6) is -6.14. The molecule has 0 amide bonds. The Kier molecular flexibility index (Phi) is 9.03. The minimum Gasteiger partial charge on any atom is -0.382 e. The van der Waals surface area contributed by atoms with Crippen LogP contribution < -0.4 is 0 Å². The molecule has 0 radical (unpaired) electrons. The number of hydrogen-bond donors (Lipinski definition) is 4. The topological polar surface area (TPSA) is 126 Å². The number of carbonyl (C=O) groups is 1. The van der Waals surface area contributed by atoms with Gasteiger partial charge in [0.05, 0.1) is 19.8 Å². The van der Waals surface area contributed by atoms with Crippen molar-refractivity contribution in [2.75, 3.05) is 0 Å². The van der Waals surface area contributed by atoms with E-state index in [4.69, 9.17) is 14.2 Å². The van der Waals surface area contributed by atoms with E-state index >= 15 is 0 Å². The van der Waals surface area contributed by atoms with E-state index in [-0.39, 0.29) is 26.1 Å².